The van der Waals surface area contributed by atoms with Crippen molar-refractivity contribution in [2.75, 3.05) is 19.8 Å². The second kappa shape index (κ2) is 7.63. The Labute approximate surface area is 108 Å². The average Bonchev–Trinajstić information content (AvgIpc) is 2.52. The lowest BCUT2D eigenvalue weighted by Crippen LogP contribution is -2.15. The molecule has 0 saturated heterocycles. The summed E-state index contributed by atoms with van der Waals surface area (Å²) in [6, 6.07) is 2.06. The molecular formula is C10H15BrClNOS. The lowest BCUT2D eigenvalue weighted by molar-refractivity contribution is 0.144. The van der Waals surface area contributed by atoms with Gasteiger partial charge in [0.15, 0.2) is 0 Å². The first-order valence-corrected chi connectivity index (χ1v) is 6.95. The first kappa shape index (κ1) is 13.5. The maximum Gasteiger partial charge on any atom is 0.107 e. The van der Waals surface area contributed by atoms with Gasteiger partial charge in [0.1, 0.15) is 4.34 Å². The predicted octanol–water partition coefficient (Wildman–Crippen LogP) is 3.68. The molecule has 0 unspecified atom stereocenters. The molecule has 0 aliphatic carbocycles. The van der Waals surface area contributed by atoms with Crippen LogP contribution < -0.4 is 5.32 Å². The molecule has 0 aromatic carbocycles. The summed E-state index contributed by atoms with van der Waals surface area (Å²) in [7, 11) is 0. The van der Waals surface area contributed by atoms with Crippen molar-refractivity contribution in [1.29, 1.82) is 0 Å². The molecule has 0 bridgehead atoms. The Balaban J connectivity index is 2.10. The largest absolute Gasteiger partial charge is 0.382 e. The van der Waals surface area contributed by atoms with Crippen LogP contribution in [0.25, 0.3) is 0 Å². The van der Waals surface area contributed by atoms with E-state index in [2.05, 4.69) is 27.3 Å². The zero-order chi connectivity index (χ0) is 11.1. The molecular weight excluding hydrogens is 298 g/mol. The number of thiophene rings is 1. The average molecular weight is 313 g/mol. The lowest BCUT2D eigenvalue weighted by atomic mass is 10.4. The first-order chi connectivity index (χ1) is 7.24. The summed E-state index contributed by atoms with van der Waals surface area (Å²) in [4.78, 5) is 1.25. The zero-order valence-corrected chi connectivity index (χ0v) is 11.8. The number of hydrogen-bond donors (Lipinski definition) is 1. The van der Waals surface area contributed by atoms with Crippen LogP contribution in [0.1, 0.15) is 18.2 Å². The van der Waals surface area contributed by atoms with Gasteiger partial charge >= 0.3 is 0 Å². The van der Waals surface area contributed by atoms with Crippen molar-refractivity contribution in [1.82, 2.24) is 5.32 Å². The highest BCUT2D eigenvalue weighted by molar-refractivity contribution is 9.10. The fourth-order valence-electron chi connectivity index (χ4n) is 1.13. The van der Waals surface area contributed by atoms with Gasteiger partial charge in [0.2, 0.25) is 0 Å². The number of nitrogens with one attached hydrogen (secondary N) is 1. The van der Waals surface area contributed by atoms with Crippen molar-refractivity contribution in [2.45, 2.75) is 19.9 Å². The molecule has 1 aromatic rings. The van der Waals surface area contributed by atoms with E-state index in [0.717, 1.165) is 41.5 Å². The molecule has 0 radical (unpaired) electrons. The minimum Gasteiger partial charge on any atom is -0.382 e. The van der Waals surface area contributed by atoms with Gasteiger partial charge in [-0.05, 0) is 41.9 Å². The fraction of sp³-hybridized carbons (Fsp3) is 0.600. The maximum absolute atomic E-state index is 5.93. The van der Waals surface area contributed by atoms with Crippen molar-refractivity contribution in [2.24, 2.45) is 0 Å². The van der Waals surface area contributed by atoms with Gasteiger partial charge < -0.3 is 10.1 Å². The van der Waals surface area contributed by atoms with Gasteiger partial charge in [-0.2, -0.15) is 0 Å². The molecule has 0 amide bonds. The Morgan fingerprint density at radius 2 is 2.40 bits per heavy atom. The second-order valence-electron chi connectivity index (χ2n) is 3.06. The molecule has 86 valence electrons. The van der Waals surface area contributed by atoms with Crippen LogP contribution in [0.5, 0.6) is 0 Å². The normalized spacial score (nSPS) is 10.9. The highest BCUT2D eigenvalue weighted by atomic mass is 79.9. The van der Waals surface area contributed by atoms with Crippen LogP contribution in [0, 0.1) is 0 Å². The lowest BCUT2D eigenvalue weighted by Gasteiger charge is -2.02. The standard InChI is InChI=1S/C10H15BrClNOS/c1-2-14-5-3-4-13-7-8-6-9(11)10(12)15-8/h6,13H,2-5,7H2,1H3. The van der Waals surface area contributed by atoms with Crippen LogP contribution in [0.3, 0.4) is 0 Å². The molecule has 2 nitrogen and oxygen atoms in total. The molecule has 0 aliphatic rings. The zero-order valence-electron chi connectivity index (χ0n) is 8.69. The highest BCUT2D eigenvalue weighted by Crippen LogP contribution is 2.31. The van der Waals surface area contributed by atoms with Crippen molar-refractivity contribution in [3.05, 3.63) is 19.8 Å². The smallest absolute Gasteiger partial charge is 0.107 e. The van der Waals surface area contributed by atoms with E-state index in [1.54, 1.807) is 11.3 Å². The third-order valence-corrected chi connectivity index (χ3v) is 4.32. The Morgan fingerprint density at radius 3 is 3.00 bits per heavy atom. The molecule has 1 heterocycles. The third kappa shape index (κ3) is 5.31. The third-order valence-electron chi connectivity index (χ3n) is 1.84. The van der Waals surface area contributed by atoms with Crippen LogP contribution in [-0.4, -0.2) is 19.8 Å². The second-order valence-corrected chi connectivity index (χ2v) is 5.65. The summed E-state index contributed by atoms with van der Waals surface area (Å²) in [6.45, 7) is 5.50. The number of halogens is 2. The van der Waals surface area contributed by atoms with Crippen LogP contribution in [0.4, 0.5) is 0 Å². The van der Waals surface area contributed by atoms with Crippen LogP contribution in [0.2, 0.25) is 4.34 Å². The van der Waals surface area contributed by atoms with Gasteiger partial charge in [-0.1, -0.05) is 11.6 Å². The monoisotopic (exact) mass is 311 g/mol. The summed E-state index contributed by atoms with van der Waals surface area (Å²) in [5, 5.41) is 3.35. The van der Waals surface area contributed by atoms with Crippen molar-refractivity contribution in [3.63, 3.8) is 0 Å². The van der Waals surface area contributed by atoms with E-state index >= 15 is 0 Å². The highest BCUT2D eigenvalue weighted by Gasteiger charge is 2.03. The summed E-state index contributed by atoms with van der Waals surface area (Å²) >= 11 is 10.9. The topological polar surface area (TPSA) is 21.3 Å². The molecule has 1 N–H and O–H groups in total. The van der Waals surface area contributed by atoms with Crippen molar-refractivity contribution < 1.29 is 4.74 Å². The van der Waals surface area contributed by atoms with Gasteiger partial charge in [-0.15, -0.1) is 11.3 Å². The van der Waals surface area contributed by atoms with Gasteiger partial charge in [-0.3, -0.25) is 0 Å². The van der Waals surface area contributed by atoms with E-state index < -0.39 is 0 Å². The van der Waals surface area contributed by atoms with E-state index in [4.69, 9.17) is 16.3 Å². The van der Waals surface area contributed by atoms with Crippen molar-refractivity contribution >= 4 is 38.9 Å². The van der Waals surface area contributed by atoms with E-state index in [1.165, 1.54) is 4.88 Å². The Bertz CT molecular complexity index is 273. The molecule has 0 saturated carbocycles. The summed E-state index contributed by atoms with van der Waals surface area (Å²) in [5.41, 5.74) is 0. The predicted molar refractivity (Wildman–Crippen MR) is 69.8 cm³/mol. The molecule has 15 heavy (non-hydrogen) atoms. The summed E-state index contributed by atoms with van der Waals surface area (Å²) < 4.78 is 7.05. The molecule has 0 fully saturated rings. The van der Waals surface area contributed by atoms with Crippen LogP contribution >= 0.6 is 38.9 Å². The van der Waals surface area contributed by atoms with Gasteiger partial charge in [0.05, 0.1) is 0 Å². The SMILES string of the molecule is CCOCCCNCc1cc(Br)c(Cl)s1. The fourth-order valence-corrected chi connectivity index (χ4v) is 2.89. The summed E-state index contributed by atoms with van der Waals surface area (Å²) in [6.07, 6.45) is 1.05. The minimum absolute atomic E-state index is 0.799. The van der Waals surface area contributed by atoms with Gasteiger partial charge in [-0.25, -0.2) is 0 Å². The molecule has 5 heteroatoms. The summed E-state index contributed by atoms with van der Waals surface area (Å²) in [5.74, 6) is 0. The molecule has 1 rings (SSSR count). The van der Waals surface area contributed by atoms with Crippen LogP contribution in [-0.2, 0) is 11.3 Å². The number of ether oxygens (including phenoxy) is 1. The van der Waals surface area contributed by atoms with E-state index in [9.17, 15) is 0 Å². The quantitative estimate of drug-likeness (QED) is 0.776. The van der Waals surface area contributed by atoms with Crippen LogP contribution in [0.15, 0.2) is 10.5 Å². The maximum atomic E-state index is 5.93. The van der Waals surface area contributed by atoms with Gasteiger partial charge in [0, 0.05) is 29.1 Å². The van der Waals surface area contributed by atoms with E-state index in [1.807, 2.05) is 6.92 Å². The minimum atomic E-state index is 0.799. The van der Waals surface area contributed by atoms with E-state index in [0.29, 0.717) is 0 Å². The van der Waals surface area contributed by atoms with E-state index in [-0.39, 0.29) is 0 Å². The number of rotatable bonds is 7. The number of hydrogen-bond acceptors (Lipinski definition) is 3. The van der Waals surface area contributed by atoms with Crippen molar-refractivity contribution in [3.8, 4) is 0 Å². The molecule has 0 atom stereocenters. The van der Waals surface area contributed by atoms with Gasteiger partial charge in [0.25, 0.3) is 0 Å². The first-order valence-electron chi connectivity index (χ1n) is 4.96. The molecule has 1 aromatic heterocycles. The Hall–Kier alpha value is 0.390. The Kier molecular flexibility index (Phi) is 6.84. The Morgan fingerprint density at radius 1 is 1.60 bits per heavy atom. The molecule has 0 aliphatic heterocycles. The molecule has 0 spiro atoms.